The van der Waals surface area contributed by atoms with Crippen molar-refractivity contribution in [3.63, 3.8) is 0 Å². The van der Waals surface area contributed by atoms with Gasteiger partial charge in [-0.05, 0) is 132 Å². The van der Waals surface area contributed by atoms with Crippen LogP contribution in [0.25, 0.3) is 0 Å². The van der Waals surface area contributed by atoms with E-state index in [2.05, 4.69) is 27.4 Å². The second-order valence-electron chi connectivity index (χ2n) is 17.0. The molecule has 7 N–H and O–H groups in total. The maximum absolute atomic E-state index is 15.1. The van der Waals surface area contributed by atoms with Gasteiger partial charge < -0.3 is 31.0 Å². The van der Waals surface area contributed by atoms with Crippen LogP contribution in [-0.4, -0.2) is 33.3 Å². The lowest BCUT2D eigenvalue weighted by Crippen LogP contribution is -2.36. The van der Waals surface area contributed by atoms with Gasteiger partial charge >= 0.3 is 6.09 Å². The van der Waals surface area contributed by atoms with Gasteiger partial charge in [-0.1, -0.05) is 30.3 Å². The standard InChI is InChI=1S/C29H29FN4O3.C24H27FN6O/c1-19(30)26-24(16-33-20(2)27(26)36-18-23-8-6-7-22(13-23)15-32)17-34(28(35)37-29(3,4)5)25-11-9-21(14-31)10-12-25;1-14(25)21-19(12-31-20-8-6-17(7-9-20)23(26)27)11-30-15(2)22(21)32-13-16-4-3-5-18(10-16)24(28)29/h6-13,16,19H,17-18H2,1-5H3;3-11,14,31H,12-13H2,1-2H3,(H3,26,27)(H3,28,29). The molecule has 0 saturated carbocycles. The number of nitrogens with two attached hydrogens (primary N) is 2. The molecule has 0 aliphatic carbocycles. The van der Waals surface area contributed by atoms with Crippen LogP contribution in [0.15, 0.2) is 109 Å². The lowest BCUT2D eigenvalue weighted by atomic mass is 10.0. The Labute approximate surface area is 401 Å². The van der Waals surface area contributed by atoms with Crippen molar-refractivity contribution in [2.45, 2.75) is 92.7 Å². The van der Waals surface area contributed by atoms with Crippen LogP contribution >= 0.6 is 0 Å². The summed E-state index contributed by atoms with van der Waals surface area (Å²) in [6.07, 6.45) is -0.108. The average molecular weight is 935 g/mol. The molecule has 0 bridgehead atoms. The Morgan fingerprint density at radius 1 is 0.739 bits per heavy atom. The fourth-order valence-electron chi connectivity index (χ4n) is 7.09. The molecule has 2 heterocycles. The molecule has 14 nitrogen and oxygen atoms in total. The third kappa shape index (κ3) is 14.3. The van der Waals surface area contributed by atoms with Gasteiger partial charge in [0.05, 0.1) is 41.2 Å². The zero-order valence-corrected chi connectivity index (χ0v) is 39.7. The summed E-state index contributed by atoms with van der Waals surface area (Å²) in [4.78, 5) is 23.4. The molecule has 6 rings (SSSR count). The van der Waals surface area contributed by atoms with E-state index in [0.717, 1.165) is 16.8 Å². The molecule has 6 aromatic rings. The molecule has 0 spiro atoms. The summed E-state index contributed by atoms with van der Waals surface area (Å²) in [5.74, 6) is 0.689. The van der Waals surface area contributed by atoms with E-state index in [-0.39, 0.29) is 37.0 Å². The second-order valence-corrected chi connectivity index (χ2v) is 17.0. The van der Waals surface area contributed by atoms with Crippen molar-refractivity contribution < 1.29 is 27.8 Å². The van der Waals surface area contributed by atoms with Crippen molar-refractivity contribution in [1.29, 1.82) is 21.3 Å². The highest BCUT2D eigenvalue weighted by Crippen LogP contribution is 2.36. The summed E-state index contributed by atoms with van der Waals surface area (Å²) in [5, 5.41) is 36.6. The number of amidine groups is 2. The van der Waals surface area contributed by atoms with Crippen molar-refractivity contribution >= 4 is 29.1 Å². The van der Waals surface area contributed by atoms with Gasteiger partial charge in [-0.2, -0.15) is 10.5 Å². The number of nitriles is 2. The van der Waals surface area contributed by atoms with Gasteiger partial charge in [-0.15, -0.1) is 0 Å². The molecule has 2 atom stereocenters. The zero-order valence-electron chi connectivity index (χ0n) is 39.7. The first kappa shape index (κ1) is 51.6. The van der Waals surface area contributed by atoms with E-state index in [4.69, 9.17) is 47.0 Å². The first-order chi connectivity index (χ1) is 32.8. The molecule has 356 valence electrons. The van der Waals surface area contributed by atoms with E-state index < -0.39 is 24.0 Å². The number of halogens is 2. The quantitative estimate of drug-likeness (QED) is 0.0452. The molecule has 4 aromatic carbocycles. The summed E-state index contributed by atoms with van der Waals surface area (Å²) in [6, 6.07) is 31.9. The van der Waals surface area contributed by atoms with Gasteiger partial charge in [0.15, 0.2) is 0 Å². The molecule has 0 aliphatic heterocycles. The molecule has 69 heavy (non-hydrogen) atoms. The number of nitrogens with zero attached hydrogens (tertiary/aromatic N) is 5. The molecular formula is C53H56F2N10O4. The van der Waals surface area contributed by atoms with E-state index in [1.807, 2.05) is 24.3 Å². The molecule has 16 heteroatoms. The highest BCUT2D eigenvalue weighted by molar-refractivity contribution is 5.95. The number of alkyl halides is 2. The van der Waals surface area contributed by atoms with Gasteiger partial charge in [-0.3, -0.25) is 25.7 Å². The molecule has 0 aliphatic rings. The Morgan fingerprint density at radius 3 is 1.78 bits per heavy atom. The van der Waals surface area contributed by atoms with E-state index in [1.54, 1.807) is 114 Å². The normalized spacial score (nSPS) is 11.6. The average Bonchev–Trinajstić information content (AvgIpc) is 3.31. The number of amides is 1. The van der Waals surface area contributed by atoms with Crippen LogP contribution in [0.3, 0.4) is 0 Å². The molecule has 1 amide bonds. The Balaban J connectivity index is 0.000000260. The molecule has 0 radical (unpaired) electrons. The van der Waals surface area contributed by atoms with Crippen molar-refractivity contribution in [1.82, 2.24) is 9.97 Å². The van der Waals surface area contributed by atoms with Gasteiger partial charge in [0.25, 0.3) is 0 Å². The number of benzene rings is 4. The Hall–Kier alpha value is -8.37. The molecule has 2 aromatic heterocycles. The summed E-state index contributed by atoms with van der Waals surface area (Å²) < 4.78 is 47.4. The van der Waals surface area contributed by atoms with Crippen molar-refractivity contribution in [3.8, 4) is 23.6 Å². The maximum atomic E-state index is 15.1. The summed E-state index contributed by atoms with van der Waals surface area (Å²) >= 11 is 0. The van der Waals surface area contributed by atoms with Crippen LogP contribution in [0, 0.1) is 47.3 Å². The monoisotopic (exact) mass is 934 g/mol. The lowest BCUT2D eigenvalue weighted by Gasteiger charge is -2.29. The number of rotatable bonds is 16. The largest absolute Gasteiger partial charge is 0.487 e. The minimum atomic E-state index is -1.42. The summed E-state index contributed by atoms with van der Waals surface area (Å²) in [6.45, 7) is 12.3. The van der Waals surface area contributed by atoms with E-state index in [1.165, 1.54) is 24.9 Å². The van der Waals surface area contributed by atoms with Crippen molar-refractivity contribution in [2.24, 2.45) is 11.5 Å². The number of hydrogen-bond donors (Lipinski definition) is 5. The second kappa shape index (κ2) is 23.4. The number of pyridine rings is 2. The lowest BCUT2D eigenvalue weighted by molar-refractivity contribution is 0.0577. The van der Waals surface area contributed by atoms with Crippen LogP contribution in [0.4, 0.5) is 25.0 Å². The first-order valence-corrected chi connectivity index (χ1v) is 21.9. The summed E-state index contributed by atoms with van der Waals surface area (Å²) in [5.41, 5.74) is 18.3. The number of ether oxygens (including phenoxy) is 3. The van der Waals surface area contributed by atoms with Crippen molar-refractivity contribution in [2.75, 3.05) is 10.2 Å². The van der Waals surface area contributed by atoms with Crippen LogP contribution in [0.2, 0.25) is 0 Å². The topological polar surface area (TPSA) is 233 Å². The van der Waals surface area contributed by atoms with Crippen molar-refractivity contribution in [3.05, 3.63) is 176 Å². The van der Waals surface area contributed by atoms with E-state index in [9.17, 15) is 9.18 Å². The minimum Gasteiger partial charge on any atom is -0.487 e. The van der Waals surface area contributed by atoms with E-state index >= 15 is 4.39 Å². The SMILES string of the molecule is Cc1ncc(CN(C(=O)OC(C)(C)C)c2ccc(C#N)cc2)c(C(C)F)c1OCc1cccc(C#N)c1.Cc1ncc(CNc2ccc(C(=N)N)cc2)c(C(C)F)c1OCc1cccc(C(=N)N)c1. The third-order valence-corrected chi connectivity index (χ3v) is 10.5. The van der Waals surface area contributed by atoms with Crippen LogP contribution in [0.1, 0.15) is 114 Å². The number of anilines is 2. The molecule has 0 fully saturated rings. The van der Waals surface area contributed by atoms with Gasteiger partial charge in [0, 0.05) is 58.1 Å². The first-order valence-electron chi connectivity index (χ1n) is 21.9. The number of carbonyl (C=O) groups is 1. The van der Waals surface area contributed by atoms with Gasteiger partial charge in [0.1, 0.15) is 54.3 Å². The zero-order chi connectivity index (χ0) is 50.4. The third-order valence-electron chi connectivity index (χ3n) is 10.5. The number of carbonyl (C=O) groups excluding carboxylic acids is 1. The fourth-order valence-corrected chi connectivity index (χ4v) is 7.09. The number of aromatic nitrogens is 2. The number of nitrogens with one attached hydrogen (secondary N) is 3. The fraction of sp³-hybridized carbons (Fsp3) is 0.264. The Bertz CT molecular complexity index is 2870. The number of nitrogen functional groups attached to an aromatic ring is 2. The van der Waals surface area contributed by atoms with Gasteiger partial charge in [0.2, 0.25) is 0 Å². The predicted molar refractivity (Wildman–Crippen MR) is 263 cm³/mol. The molecular weight excluding hydrogens is 879 g/mol. The van der Waals surface area contributed by atoms with E-state index in [0.29, 0.717) is 74.1 Å². The number of hydrogen-bond acceptors (Lipinski definition) is 11. The highest BCUT2D eigenvalue weighted by atomic mass is 19.1. The maximum Gasteiger partial charge on any atom is 0.415 e. The number of aryl methyl sites for hydroxylation is 2. The smallest absolute Gasteiger partial charge is 0.415 e. The molecule has 0 saturated heterocycles. The minimum absolute atomic E-state index is 0.00320. The Morgan fingerprint density at radius 2 is 1.26 bits per heavy atom. The summed E-state index contributed by atoms with van der Waals surface area (Å²) in [7, 11) is 0. The molecule has 2 unspecified atom stereocenters. The Kier molecular flexibility index (Phi) is 17.5. The van der Waals surface area contributed by atoms with Gasteiger partial charge in [-0.25, -0.2) is 13.6 Å². The predicted octanol–water partition coefficient (Wildman–Crippen LogP) is 10.9. The highest BCUT2D eigenvalue weighted by Gasteiger charge is 2.28. The van der Waals surface area contributed by atoms with Crippen LogP contribution in [-0.2, 0) is 31.0 Å². The van der Waals surface area contributed by atoms with Crippen LogP contribution in [0.5, 0.6) is 11.5 Å². The van der Waals surface area contributed by atoms with Crippen LogP contribution < -0.4 is 31.2 Å².